The second-order valence-electron chi connectivity index (χ2n) is 6.60. The minimum Gasteiger partial charge on any atom is -0.444 e. The number of likely N-dealkylation sites (tertiary alicyclic amines) is 2. The van der Waals surface area contributed by atoms with Crippen molar-refractivity contribution in [1.82, 2.24) is 20.4 Å². The summed E-state index contributed by atoms with van der Waals surface area (Å²) in [6.07, 6.45) is 2.68. The van der Waals surface area contributed by atoms with Gasteiger partial charge in [0, 0.05) is 20.1 Å². The Bertz CT molecular complexity index is 445. The lowest BCUT2D eigenvalue weighted by Gasteiger charge is -2.35. The predicted molar refractivity (Wildman–Crippen MR) is 71.9 cm³/mol. The number of fused-ring (bicyclic) bond motifs is 2. The summed E-state index contributed by atoms with van der Waals surface area (Å²) >= 11 is 0. The number of hydrogen-bond donors (Lipinski definition) is 1. The second-order valence-corrected chi connectivity index (χ2v) is 6.60. The molecule has 0 aliphatic carbocycles. The maximum absolute atomic E-state index is 12.1. The molecule has 7 heteroatoms. The summed E-state index contributed by atoms with van der Waals surface area (Å²) in [5.41, 5.74) is 2.32. The number of nitrogens with one attached hydrogen (secondary N) is 1. The number of rotatable bonds is 1. The molecule has 0 radical (unpaired) electrons. The van der Waals surface area contributed by atoms with E-state index in [0.29, 0.717) is 12.6 Å². The Morgan fingerprint density at radius 2 is 2.15 bits per heavy atom. The average Bonchev–Trinajstić information content (AvgIpc) is 2.99. The Morgan fingerprint density at radius 3 is 2.65 bits per heavy atom. The Morgan fingerprint density at radius 1 is 1.40 bits per heavy atom. The van der Waals surface area contributed by atoms with Crippen LogP contribution in [0.5, 0.6) is 0 Å². The van der Waals surface area contributed by atoms with Crippen LogP contribution in [-0.2, 0) is 9.57 Å². The fraction of sp³-hybridized carbons (Fsp3) is 0.769. The van der Waals surface area contributed by atoms with Crippen LogP contribution in [0.4, 0.5) is 4.79 Å². The third-order valence-electron chi connectivity index (χ3n) is 3.75. The summed E-state index contributed by atoms with van der Waals surface area (Å²) in [6, 6.07) is 0.525. The fourth-order valence-corrected chi connectivity index (χ4v) is 2.95. The van der Waals surface area contributed by atoms with Crippen molar-refractivity contribution in [1.29, 1.82) is 0 Å². The van der Waals surface area contributed by atoms with Gasteiger partial charge in [-0.1, -0.05) is 5.59 Å². The van der Waals surface area contributed by atoms with Gasteiger partial charge in [-0.25, -0.2) is 4.79 Å². The summed E-state index contributed by atoms with van der Waals surface area (Å²) < 4.78 is 5.45. The molecule has 3 rings (SSSR count). The summed E-state index contributed by atoms with van der Waals surface area (Å²) in [5, 5.41) is 1.77. The summed E-state index contributed by atoms with van der Waals surface area (Å²) in [6.45, 7) is 7.17. The smallest absolute Gasteiger partial charge is 0.410 e. The van der Waals surface area contributed by atoms with Crippen molar-refractivity contribution < 1.29 is 14.4 Å². The first-order chi connectivity index (χ1) is 9.33. The van der Waals surface area contributed by atoms with Crippen molar-refractivity contribution in [3.63, 3.8) is 0 Å². The Labute approximate surface area is 119 Å². The van der Waals surface area contributed by atoms with E-state index in [9.17, 15) is 4.79 Å². The molecule has 3 aliphatic heterocycles. The summed E-state index contributed by atoms with van der Waals surface area (Å²) in [5.74, 6) is 0.823. The molecule has 3 heterocycles. The van der Waals surface area contributed by atoms with Gasteiger partial charge in [0.05, 0.1) is 18.3 Å². The molecule has 112 valence electrons. The third kappa shape index (κ3) is 2.37. The first-order valence-corrected chi connectivity index (χ1v) is 6.97. The van der Waals surface area contributed by atoms with Gasteiger partial charge in [0.1, 0.15) is 5.60 Å². The molecule has 0 unspecified atom stereocenters. The fourth-order valence-electron chi connectivity index (χ4n) is 2.95. The van der Waals surface area contributed by atoms with Crippen LogP contribution in [0.25, 0.3) is 0 Å². The van der Waals surface area contributed by atoms with E-state index in [1.807, 2.05) is 38.9 Å². The molecule has 0 aromatic carbocycles. The lowest BCUT2D eigenvalue weighted by molar-refractivity contribution is -0.0172. The first kappa shape index (κ1) is 13.4. The molecule has 0 aromatic rings. The van der Waals surface area contributed by atoms with E-state index >= 15 is 0 Å². The van der Waals surface area contributed by atoms with Gasteiger partial charge < -0.3 is 19.4 Å². The van der Waals surface area contributed by atoms with Crippen molar-refractivity contribution in [3.05, 3.63) is 12.1 Å². The number of nitrogens with zero attached hydrogens (tertiary/aromatic N) is 3. The number of amides is 1. The molecule has 2 atom stereocenters. The Balaban J connectivity index is 1.62. The number of carbonyl (C=O) groups excluding carboxylic acids is 1. The van der Waals surface area contributed by atoms with Crippen molar-refractivity contribution in [2.45, 2.75) is 44.9 Å². The minimum absolute atomic E-state index is 0.207. The van der Waals surface area contributed by atoms with Gasteiger partial charge in [0.15, 0.2) is 0 Å². The second kappa shape index (κ2) is 4.44. The molecule has 3 aliphatic rings. The normalized spacial score (nSPS) is 28.8. The molecular weight excluding hydrogens is 260 g/mol. The van der Waals surface area contributed by atoms with E-state index in [2.05, 4.69) is 10.5 Å². The van der Waals surface area contributed by atoms with Crippen LogP contribution in [0.15, 0.2) is 12.1 Å². The number of carbonyl (C=O) groups is 1. The molecule has 2 fully saturated rings. The van der Waals surface area contributed by atoms with Crippen LogP contribution in [0.2, 0.25) is 0 Å². The molecule has 0 aromatic heterocycles. The van der Waals surface area contributed by atoms with Crippen LogP contribution < -0.4 is 5.59 Å². The van der Waals surface area contributed by atoms with E-state index in [4.69, 9.17) is 9.57 Å². The van der Waals surface area contributed by atoms with E-state index in [-0.39, 0.29) is 12.1 Å². The van der Waals surface area contributed by atoms with E-state index < -0.39 is 5.60 Å². The van der Waals surface area contributed by atoms with Crippen molar-refractivity contribution in [2.24, 2.45) is 0 Å². The van der Waals surface area contributed by atoms with Crippen LogP contribution in [0, 0.1) is 0 Å². The monoisotopic (exact) mass is 282 g/mol. The quantitative estimate of drug-likeness (QED) is 0.770. The van der Waals surface area contributed by atoms with Gasteiger partial charge >= 0.3 is 6.09 Å². The number of hydrogen-bond acceptors (Lipinski definition) is 6. The van der Waals surface area contributed by atoms with Crippen molar-refractivity contribution in [2.75, 3.05) is 20.1 Å². The molecule has 1 amide bonds. The van der Waals surface area contributed by atoms with Crippen LogP contribution >= 0.6 is 0 Å². The third-order valence-corrected chi connectivity index (χ3v) is 3.75. The van der Waals surface area contributed by atoms with E-state index in [1.54, 1.807) is 5.01 Å². The zero-order valence-electron chi connectivity index (χ0n) is 12.4. The molecular formula is C13H22N4O3. The van der Waals surface area contributed by atoms with E-state index in [1.165, 1.54) is 0 Å². The summed E-state index contributed by atoms with van der Waals surface area (Å²) in [4.78, 5) is 21.6. The largest absolute Gasteiger partial charge is 0.444 e. The Hall–Kier alpha value is -1.63. The molecule has 20 heavy (non-hydrogen) atoms. The van der Waals surface area contributed by atoms with Crippen LogP contribution in [0.3, 0.4) is 0 Å². The molecule has 1 N–H and O–H groups in total. The predicted octanol–water partition coefficient (Wildman–Crippen LogP) is 0.860. The molecule has 0 spiro atoms. The van der Waals surface area contributed by atoms with Gasteiger partial charge in [-0.15, -0.1) is 0 Å². The van der Waals surface area contributed by atoms with Gasteiger partial charge in [-0.05, 0) is 27.2 Å². The highest BCUT2D eigenvalue weighted by molar-refractivity contribution is 5.69. The SMILES string of the molecule is CN1C=C(N2C[C@@H]3C[C@H]2CN3C(=O)OC(C)(C)C)ON1. The van der Waals surface area contributed by atoms with Crippen molar-refractivity contribution >= 4 is 6.09 Å². The molecule has 0 saturated carbocycles. The molecule has 2 bridgehead atoms. The highest BCUT2D eigenvalue weighted by Gasteiger charge is 2.48. The van der Waals surface area contributed by atoms with Crippen molar-refractivity contribution in [3.8, 4) is 0 Å². The maximum Gasteiger partial charge on any atom is 0.410 e. The number of ether oxygens (including phenoxy) is 1. The molecule has 2 saturated heterocycles. The van der Waals surface area contributed by atoms with Crippen LogP contribution in [-0.4, -0.2) is 58.7 Å². The topological polar surface area (TPSA) is 57.3 Å². The van der Waals surface area contributed by atoms with Gasteiger partial charge in [0.2, 0.25) is 5.88 Å². The highest BCUT2D eigenvalue weighted by Crippen LogP contribution is 2.35. The number of hydrazine groups is 1. The van der Waals surface area contributed by atoms with Gasteiger partial charge in [-0.3, -0.25) is 5.01 Å². The van der Waals surface area contributed by atoms with Gasteiger partial charge in [0.25, 0.3) is 0 Å². The highest BCUT2D eigenvalue weighted by atomic mass is 16.7. The zero-order chi connectivity index (χ0) is 14.5. The zero-order valence-corrected chi connectivity index (χ0v) is 12.4. The average molecular weight is 282 g/mol. The lowest BCUT2D eigenvalue weighted by Crippen LogP contribution is -2.49. The summed E-state index contributed by atoms with van der Waals surface area (Å²) in [7, 11) is 1.88. The number of piperazine rings is 1. The standard InChI is InChI=1S/C13H22N4O3/c1-13(2,3)19-12(18)17-7-9-5-10(17)6-16(9)11-8-15(4)14-20-11/h8-10,14H,5-7H2,1-4H3/t9-,10-/m0/s1. The Kier molecular flexibility index (Phi) is 2.97. The van der Waals surface area contributed by atoms with E-state index in [0.717, 1.165) is 18.8 Å². The lowest BCUT2D eigenvalue weighted by atomic mass is 10.2. The minimum atomic E-state index is -0.442. The first-order valence-electron chi connectivity index (χ1n) is 6.97. The van der Waals surface area contributed by atoms with Gasteiger partial charge in [-0.2, -0.15) is 0 Å². The molecule has 7 nitrogen and oxygen atoms in total. The van der Waals surface area contributed by atoms with Crippen LogP contribution in [0.1, 0.15) is 27.2 Å². The maximum atomic E-state index is 12.1.